The normalized spacial score (nSPS) is 10.8. The summed E-state index contributed by atoms with van der Waals surface area (Å²) in [5.74, 6) is 0.0664. The predicted molar refractivity (Wildman–Crippen MR) is 73.6 cm³/mol. The topological polar surface area (TPSA) is 39.2 Å². The molecule has 0 fully saturated rings. The maximum Gasteiger partial charge on any atom is 0.387 e. The van der Waals surface area contributed by atoms with E-state index >= 15 is 0 Å². The van der Waals surface area contributed by atoms with E-state index in [4.69, 9.17) is 0 Å². The van der Waals surface area contributed by atoms with Crippen LogP contribution in [0, 0.1) is 0 Å². The molecule has 1 heterocycles. The first-order valence-electron chi connectivity index (χ1n) is 6.14. The molecule has 0 saturated heterocycles. The maximum atomic E-state index is 12.4. The van der Waals surface area contributed by atoms with Gasteiger partial charge in [0.15, 0.2) is 6.29 Å². The van der Waals surface area contributed by atoms with E-state index < -0.39 is 6.61 Å². The fourth-order valence-corrected chi connectivity index (χ4v) is 2.79. The summed E-state index contributed by atoms with van der Waals surface area (Å²) in [5, 5.41) is 0.520. The van der Waals surface area contributed by atoms with Gasteiger partial charge < -0.3 is 4.74 Å². The van der Waals surface area contributed by atoms with Crippen molar-refractivity contribution in [3.63, 3.8) is 0 Å². The molecule has 0 saturated carbocycles. The zero-order valence-electron chi connectivity index (χ0n) is 10.8. The molecule has 0 atom stereocenters. The Balaban J connectivity index is 2.43. The molecule has 3 nitrogen and oxygen atoms in total. The quantitative estimate of drug-likeness (QED) is 0.751. The van der Waals surface area contributed by atoms with E-state index in [9.17, 15) is 13.6 Å². The van der Waals surface area contributed by atoms with Gasteiger partial charge in [-0.15, -0.1) is 11.3 Å². The summed E-state index contributed by atoms with van der Waals surface area (Å²) in [7, 11) is 0. The average molecular weight is 297 g/mol. The number of benzene rings is 1. The van der Waals surface area contributed by atoms with Crippen LogP contribution in [-0.4, -0.2) is 17.9 Å². The Bertz CT molecular complexity index is 599. The number of aromatic nitrogens is 1. The summed E-state index contributed by atoms with van der Waals surface area (Å²) < 4.78 is 29.3. The van der Waals surface area contributed by atoms with Crippen LogP contribution in [0.2, 0.25) is 0 Å². The lowest BCUT2D eigenvalue weighted by Gasteiger charge is -2.08. The Morgan fingerprint density at radius 1 is 1.40 bits per heavy atom. The molecular formula is C14H13F2NO2S. The second-order valence-corrected chi connectivity index (χ2v) is 5.10. The molecule has 0 N–H and O–H groups in total. The second-order valence-electron chi connectivity index (χ2n) is 4.07. The zero-order valence-corrected chi connectivity index (χ0v) is 11.6. The van der Waals surface area contributed by atoms with Crippen LogP contribution in [0.3, 0.4) is 0 Å². The first-order valence-corrected chi connectivity index (χ1v) is 6.96. The number of carbonyl (C=O) groups excluding carboxylic acids is 1. The molecule has 1 aromatic heterocycles. The number of thiazole rings is 1. The molecule has 0 unspecified atom stereocenters. The van der Waals surface area contributed by atoms with Crippen molar-refractivity contribution in [1.29, 1.82) is 0 Å². The molecule has 0 amide bonds. The van der Waals surface area contributed by atoms with Crippen molar-refractivity contribution >= 4 is 17.6 Å². The Morgan fingerprint density at radius 2 is 2.15 bits per heavy atom. The summed E-state index contributed by atoms with van der Waals surface area (Å²) in [6.45, 7) is -0.904. The van der Waals surface area contributed by atoms with E-state index in [0.29, 0.717) is 27.6 Å². The van der Waals surface area contributed by atoms with Gasteiger partial charge in [-0.3, -0.25) is 4.79 Å². The van der Waals surface area contributed by atoms with E-state index in [1.54, 1.807) is 18.2 Å². The van der Waals surface area contributed by atoms with Crippen molar-refractivity contribution in [1.82, 2.24) is 4.98 Å². The van der Waals surface area contributed by atoms with Gasteiger partial charge in [-0.25, -0.2) is 4.98 Å². The van der Waals surface area contributed by atoms with Crippen molar-refractivity contribution in [2.75, 3.05) is 0 Å². The minimum absolute atomic E-state index is 0.0664. The standard InChI is InChI=1S/C14H13F2NO2S/c1-2-5-10-12(8-18)20-13(17-10)9-6-3-4-7-11(9)19-14(15)16/h3-4,6-8,14H,2,5H2,1H3. The van der Waals surface area contributed by atoms with E-state index in [2.05, 4.69) is 9.72 Å². The highest BCUT2D eigenvalue weighted by Gasteiger charge is 2.16. The van der Waals surface area contributed by atoms with Crippen LogP contribution >= 0.6 is 11.3 Å². The van der Waals surface area contributed by atoms with Crippen LogP contribution in [0.25, 0.3) is 10.6 Å². The third kappa shape index (κ3) is 3.19. The summed E-state index contributed by atoms with van der Waals surface area (Å²) in [5.41, 5.74) is 1.18. The van der Waals surface area contributed by atoms with Gasteiger partial charge in [-0.05, 0) is 18.6 Å². The van der Waals surface area contributed by atoms with Gasteiger partial charge in [0.1, 0.15) is 10.8 Å². The second kappa shape index (κ2) is 6.56. The molecule has 0 bridgehead atoms. The van der Waals surface area contributed by atoms with Crippen molar-refractivity contribution < 1.29 is 18.3 Å². The maximum absolute atomic E-state index is 12.4. The molecule has 0 aliphatic carbocycles. The zero-order chi connectivity index (χ0) is 14.5. The first-order chi connectivity index (χ1) is 9.65. The Morgan fingerprint density at radius 3 is 2.80 bits per heavy atom. The molecule has 20 heavy (non-hydrogen) atoms. The minimum atomic E-state index is -2.89. The lowest BCUT2D eigenvalue weighted by atomic mass is 10.2. The lowest BCUT2D eigenvalue weighted by Crippen LogP contribution is -2.02. The van der Waals surface area contributed by atoms with E-state index in [0.717, 1.165) is 12.7 Å². The monoisotopic (exact) mass is 297 g/mol. The predicted octanol–water partition coefficient (Wildman–Crippen LogP) is 4.18. The number of para-hydroxylation sites is 1. The largest absolute Gasteiger partial charge is 0.434 e. The smallest absolute Gasteiger partial charge is 0.387 e. The van der Waals surface area contributed by atoms with Gasteiger partial charge in [0.05, 0.1) is 16.1 Å². The third-order valence-corrected chi connectivity index (χ3v) is 3.71. The van der Waals surface area contributed by atoms with Crippen molar-refractivity contribution in [3.05, 3.63) is 34.8 Å². The number of hydrogen-bond donors (Lipinski definition) is 0. The van der Waals surface area contributed by atoms with Crippen LogP contribution in [0.15, 0.2) is 24.3 Å². The summed E-state index contributed by atoms with van der Waals surface area (Å²) in [6, 6.07) is 6.45. The Kier molecular flexibility index (Phi) is 4.79. The van der Waals surface area contributed by atoms with Crippen molar-refractivity contribution in [2.45, 2.75) is 26.4 Å². The molecule has 2 aromatic rings. The third-order valence-electron chi connectivity index (χ3n) is 2.65. The van der Waals surface area contributed by atoms with Gasteiger partial charge in [-0.1, -0.05) is 25.5 Å². The summed E-state index contributed by atoms with van der Waals surface area (Å²) >= 11 is 1.19. The number of nitrogens with zero attached hydrogens (tertiary/aromatic N) is 1. The van der Waals surface area contributed by atoms with Gasteiger partial charge in [0.25, 0.3) is 0 Å². The Labute approximate surface area is 119 Å². The first kappa shape index (κ1) is 14.6. The number of ether oxygens (including phenoxy) is 1. The molecule has 2 rings (SSSR count). The lowest BCUT2D eigenvalue weighted by molar-refractivity contribution is -0.0494. The molecule has 0 aliphatic rings. The number of hydrogen-bond acceptors (Lipinski definition) is 4. The number of aryl methyl sites for hydroxylation is 1. The molecule has 0 spiro atoms. The summed E-state index contributed by atoms with van der Waals surface area (Å²) in [6.07, 6.45) is 2.30. The van der Waals surface area contributed by atoms with Crippen LogP contribution in [0.4, 0.5) is 8.78 Å². The minimum Gasteiger partial charge on any atom is -0.434 e. The number of halogens is 2. The van der Waals surface area contributed by atoms with Crippen LogP contribution in [0.1, 0.15) is 28.7 Å². The number of rotatable bonds is 6. The molecule has 0 radical (unpaired) electrons. The fraction of sp³-hybridized carbons (Fsp3) is 0.286. The molecule has 0 aliphatic heterocycles. The van der Waals surface area contributed by atoms with Gasteiger partial charge in [0, 0.05) is 0 Å². The van der Waals surface area contributed by atoms with Crippen LogP contribution < -0.4 is 4.74 Å². The highest BCUT2D eigenvalue weighted by molar-refractivity contribution is 7.16. The molecule has 6 heteroatoms. The SMILES string of the molecule is CCCc1nc(-c2ccccc2OC(F)F)sc1C=O. The van der Waals surface area contributed by atoms with Crippen molar-refractivity contribution in [3.8, 4) is 16.3 Å². The van der Waals surface area contributed by atoms with Gasteiger partial charge >= 0.3 is 6.61 Å². The van der Waals surface area contributed by atoms with Crippen molar-refractivity contribution in [2.24, 2.45) is 0 Å². The average Bonchev–Trinajstić information content (AvgIpc) is 2.82. The van der Waals surface area contributed by atoms with E-state index in [1.807, 2.05) is 6.92 Å². The highest BCUT2D eigenvalue weighted by Crippen LogP contribution is 2.35. The number of alkyl halides is 2. The molecule has 1 aromatic carbocycles. The summed E-state index contributed by atoms with van der Waals surface area (Å²) in [4.78, 5) is 15.9. The molecule has 106 valence electrons. The van der Waals surface area contributed by atoms with Crippen LogP contribution in [-0.2, 0) is 6.42 Å². The Hall–Kier alpha value is -1.82. The van der Waals surface area contributed by atoms with Gasteiger partial charge in [-0.2, -0.15) is 8.78 Å². The van der Waals surface area contributed by atoms with E-state index in [1.165, 1.54) is 17.4 Å². The van der Waals surface area contributed by atoms with Crippen LogP contribution in [0.5, 0.6) is 5.75 Å². The number of aldehydes is 1. The highest BCUT2D eigenvalue weighted by atomic mass is 32.1. The number of carbonyl (C=O) groups is 1. The van der Waals surface area contributed by atoms with E-state index in [-0.39, 0.29) is 5.75 Å². The fourth-order valence-electron chi connectivity index (χ4n) is 1.83. The van der Waals surface area contributed by atoms with Gasteiger partial charge in [0.2, 0.25) is 0 Å². The molecular weight excluding hydrogens is 284 g/mol.